The highest BCUT2D eigenvalue weighted by atomic mass is 16.1. The summed E-state index contributed by atoms with van der Waals surface area (Å²) < 4.78 is 0. The number of allylic oxidation sites excluding steroid dienone is 2. The Balaban J connectivity index is 2.54. The maximum atomic E-state index is 12.5. The van der Waals surface area contributed by atoms with Crippen LogP contribution in [0.2, 0.25) is 0 Å². The number of dihydropyridines is 1. The van der Waals surface area contributed by atoms with E-state index < -0.39 is 0 Å². The zero-order chi connectivity index (χ0) is 14.4. The number of nitrogens with one attached hydrogen (secondary N) is 1. The Morgan fingerprint density at radius 1 is 1.37 bits per heavy atom. The molecule has 1 aliphatic carbocycles. The van der Waals surface area contributed by atoms with Gasteiger partial charge in [-0.05, 0) is 32.9 Å². The Labute approximate surface area is 114 Å². The van der Waals surface area contributed by atoms with Gasteiger partial charge in [0.05, 0.1) is 17.7 Å². The van der Waals surface area contributed by atoms with Gasteiger partial charge in [0.15, 0.2) is 5.78 Å². The molecule has 4 nitrogen and oxygen atoms in total. The zero-order valence-corrected chi connectivity index (χ0v) is 12.3. The zero-order valence-electron chi connectivity index (χ0n) is 12.3. The van der Waals surface area contributed by atoms with E-state index in [1.807, 2.05) is 25.9 Å². The maximum Gasteiger partial charge on any atom is 0.163 e. The lowest BCUT2D eigenvalue weighted by Gasteiger charge is -2.40. The van der Waals surface area contributed by atoms with E-state index in [-0.39, 0.29) is 17.2 Å². The number of rotatable bonds is 1. The highest BCUT2D eigenvalue weighted by Crippen LogP contribution is 2.41. The van der Waals surface area contributed by atoms with Crippen LogP contribution in [0.1, 0.15) is 33.6 Å². The number of nitriles is 1. The minimum atomic E-state index is -0.204. The first kappa shape index (κ1) is 13.8. The van der Waals surface area contributed by atoms with Crippen molar-refractivity contribution in [3.05, 3.63) is 22.5 Å². The van der Waals surface area contributed by atoms with Gasteiger partial charge in [-0.3, -0.25) is 9.69 Å². The van der Waals surface area contributed by atoms with Gasteiger partial charge in [0.2, 0.25) is 0 Å². The second kappa shape index (κ2) is 4.50. The SMILES string of the molecule is CC1=C(C#N)C(N(C)C)C2=C(CC(C)(C)CC2=O)N1. The minimum Gasteiger partial charge on any atom is -0.361 e. The second-order valence-corrected chi connectivity index (χ2v) is 6.47. The Hall–Kier alpha value is -1.60. The number of likely N-dealkylation sites (N-methyl/N-ethyl adjacent to an activating group) is 1. The molecule has 0 aromatic carbocycles. The number of carbonyl (C=O) groups excluding carboxylic acids is 1. The van der Waals surface area contributed by atoms with Crippen LogP contribution in [0.4, 0.5) is 0 Å². The van der Waals surface area contributed by atoms with Crippen molar-refractivity contribution in [3.8, 4) is 6.07 Å². The summed E-state index contributed by atoms with van der Waals surface area (Å²) in [4.78, 5) is 14.4. The molecule has 1 atom stereocenters. The van der Waals surface area contributed by atoms with Gasteiger partial charge in [-0.2, -0.15) is 5.26 Å². The average Bonchev–Trinajstić information content (AvgIpc) is 2.24. The number of Topliss-reactive ketones (excluding diaryl/α,β-unsaturated/α-hetero) is 1. The molecule has 0 amide bonds. The van der Waals surface area contributed by atoms with E-state index in [1.54, 1.807) is 0 Å². The van der Waals surface area contributed by atoms with E-state index in [0.29, 0.717) is 12.0 Å². The summed E-state index contributed by atoms with van der Waals surface area (Å²) in [6, 6.07) is 2.04. The van der Waals surface area contributed by atoms with E-state index in [2.05, 4.69) is 25.2 Å². The van der Waals surface area contributed by atoms with E-state index in [0.717, 1.165) is 23.4 Å². The molecule has 1 unspecified atom stereocenters. The summed E-state index contributed by atoms with van der Waals surface area (Å²) in [5.41, 5.74) is 3.29. The Morgan fingerprint density at radius 3 is 2.53 bits per heavy atom. The van der Waals surface area contributed by atoms with E-state index in [4.69, 9.17) is 0 Å². The van der Waals surface area contributed by atoms with Crippen LogP contribution in [0.25, 0.3) is 0 Å². The highest BCUT2D eigenvalue weighted by Gasteiger charge is 2.41. The first-order valence-corrected chi connectivity index (χ1v) is 6.57. The molecular formula is C15H21N3O. The van der Waals surface area contributed by atoms with E-state index in [1.165, 1.54) is 0 Å². The molecule has 0 bridgehead atoms. The molecule has 1 heterocycles. The van der Waals surface area contributed by atoms with Crippen molar-refractivity contribution in [3.63, 3.8) is 0 Å². The van der Waals surface area contributed by atoms with Crippen LogP contribution < -0.4 is 5.32 Å². The molecule has 0 aromatic heterocycles. The van der Waals surface area contributed by atoms with Gasteiger partial charge in [-0.15, -0.1) is 0 Å². The van der Waals surface area contributed by atoms with Gasteiger partial charge in [0.25, 0.3) is 0 Å². The molecule has 4 heteroatoms. The van der Waals surface area contributed by atoms with Gasteiger partial charge < -0.3 is 5.32 Å². The molecule has 0 spiro atoms. The third-order valence-electron chi connectivity index (χ3n) is 3.85. The molecule has 1 N–H and O–H groups in total. The fraction of sp³-hybridized carbons (Fsp3) is 0.600. The van der Waals surface area contributed by atoms with Crippen molar-refractivity contribution < 1.29 is 4.79 Å². The lowest BCUT2D eigenvalue weighted by Crippen LogP contribution is -2.45. The number of hydrogen-bond acceptors (Lipinski definition) is 4. The molecule has 0 radical (unpaired) electrons. The van der Waals surface area contributed by atoms with Crippen LogP contribution in [-0.2, 0) is 4.79 Å². The summed E-state index contributed by atoms with van der Waals surface area (Å²) in [6.45, 7) is 6.13. The lowest BCUT2D eigenvalue weighted by molar-refractivity contribution is -0.118. The quantitative estimate of drug-likeness (QED) is 0.782. The van der Waals surface area contributed by atoms with Crippen LogP contribution in [0.3, 0.4) is 0 Å². The summed E-state index contributed by atoms with van der Waals surface area (Å²) >= 11 is 0. The van der Waals surface area contributed by atoms with Crippen molar-refractivity contribution >= 4 is 5.78 Å². The van der Waals surface area contributed by atoms with Gasteiger partial charge in [0.1, 0.15) is 0 Å². The Bertz CT molecular complexity index is 532. The van der Waals surface area contributed by atoms with Gasteiger partial charge in [-0.25, -0.2) is 0 Å². The second-order valence-electron chi connectivity index (χ2n) is 6.47. The van der Waals surface area contributed by atoms with Crippen LogP contribution in [0, 0.1) is 16.7 Å². The summed E-state index contributed by atoms with van der Waals surface area (Å²) in [7, 11) is 3.83. The molecule has 1 aliphatic heterocycles. The summed E-state index contributed by atoms with van der Waals surface area (Å²) in [5, 5.41) is 12.6. The van der Waals surface area contributed by atoms with Crippen LogP contribution >= 0.6 is 0 Å². The normalized spacial score (nSPS) is 26.2. The van der Waals surface area contributed by atoms with Crippen molar-refractivity contribution in [1.29, 1.82) is 5.26 Å². The number of carbonyl (C=O) groups is 1. The standard InChI is InChI=1S/C15H21N3O/c1-9-10(8-16)14(18(4)5)13-11(17-9)6-15(2,3)7-12(13)19/h14,17H,6-7H2,1-5H3. The third-order valence-corrected chi connectivity index (χ3v) is 3.85. The van der Waals surface area contributed by atoms with Crippen molar-refractivity contribution in [2.24, 2.45) is 5.41 Å². The number of nitrogens with zero attached hydrogens (tertiary/aromatic N) is 2. The number of ketones is 1. The van der Waals surface area contributed by atoms with Crippen LogP contribution in [0.5, 0.6) is 0 Å². The summed E-state index contributed by atoms with van der Waals surface area (Å²) in [5.74, 6) is 0.165. The monoisotopic (exact) mass is 259 g/mol. The van der Waals surface area contributed by atoms with Crippen molar-refractivity contribution in [2.45, 2.75) is 39.7 Å². The Morgan fingerprint density at radius 2 is 2.00 bits per heavy atom. The first-order valence-electron chi connectivity index (χ1n) is 6.57. The van der Waals surface area contributed by atoms with Gasteiger partial charge >= 0.3 is 0 Å². The fourth-order valence-electron chi connectivity index (χ4n) is 3.07. The van der Waals surface area contributed by atoms with Gasteiger partial charge in [0, 0.05) is 23.4 Å². The smallest absolute Gasteiger partial charge is 0.163 e. The molecule has 102 valence electrons. The van der Waals surface area contributed by atoms with Crippen LogP contribution in [-0.4, -0.2) is 30.8 Å². The molecule has 0 fully saturated rings. The molecule has 0 saturated heterocycles. The van der Waals surface area contributed by atoms with E-state index >= 15 is 0 Å². The minimum absolute atomic E-state index is 0.00972. The van der Waals surface area contributed by atoms with Gasteiger partial charge in [-0.1, -0.05) is 13.8 Å². The van der Waals surface area contributed by atoms with Crippen molar-refractivity contribution in [1.82, 2.24) is 10.2 Å². The molecular weight excluding hydrogens is 238 g/mol. The highest BCUT2D eigenvalue weighted by molar-refractivity contribution is 6.00. The number of hydrogen-bond donors (Lipinski definition) is 1. The lowest BCUT2D eigenvalue weighted by atomic mass is 9.72. The topological polar surface area (TPSA) is 56.1 Å². The average molecular weight is 259 g/mol. The Kier molecular flexibility index (Phi) is 3.27. The predicted octanol–water partition coefficient (Wildman–Crippen LogP) is 1.96. The van der Waals surface area contributed by atoms with E-state index in [9.17, 15) is 10.1 Å². The molecule has 2 aliphatic rings. The fourth-order valence-corrected chi connectivity index (χ4v) is 3.07. The predicted molar refractivity (Wildman–Crippen MR) is 74.0 cm³/mol. The molecule has 2 rings (SSSR count). The largest absolute Gasteiger partial charge is 0.361 e. The maximum absolute atomic E-state index is 12.5. The molecule has 19 heavy (non-hydrogen) atoms. The third kappa shape index (κ3) is 2.31. The molecule has 0 saturated carbocycles. The van der Waals surface area contributed by atoms with Crippen molar-refractivity contribution in [2.75, 3.05) is 14.1 Å². The first-order chi connectivity index (χ1) is 8.76. The summed E-state index contributed by atoms with van der Waals surface area (Å²) in [6.07, 6.45) is 1.41. The van der Waals surface area contributed by atoms with Crippen LogP contribution in [0.15, 0.2) is 22.5 Å². The molecule has 0 aromatic rings.